The maximum atomic E-state index is 12.6. The Morgan fingerprint density at radius 3 is 2.57 bits per heavy atom. The molecule has 5 aromatic rings. The van der Waals surface area contributed by atoms with E-state index in [1.807, 2.05) is 30.3 Å². The second kappa shape index (κ2) is 10.0. The largest absolute Gasteiger partial charge is 0.451 e. The van der Waals surface area contributed by atoms with Gasteiger partial charge in [-0.05, 0) is 72.7 Å². The predicted octanol–water partition coefficient (Wildman–Crippen LogP) is 6.35. The van der Waals surface area contributed by atoms with Gasteiger partial charge < -0.3 is 14.2 Å². The number of nitrogens with zero attached hydrogens (tertiary/aromatic N) is 2. The average molecular weight is 513 g/mol. The van der Waals surface area contributed by atoms with Crippen LogP contribution in [0.5, 0.6) is 0 Å². The summed E-state index contributed by atoms with van der Waals surface area (Å²) in [5, 5.41) is 16.6. The van der Waals surface area contributed by atoms with Crippen molar-refractivity contribution in [3.05, 3.63) is 100 Å². The standard InChI is InChI=1S/C27H20N4O5S/c1-2-16-6-11-23-21(14-16)29-26(36-23)17-7-9-19(10-8-17)28-27(37)30-25(32)24-13-12-22(35-24)18-4-3-5-20(15-18)31(33)34/h3-15H,2H2,1H3,(H2,28,30,32,37). The summed E-state index contributed by atoms with van der Waals surface area (Å²) in [4.78, 5) is 27.7. The summed E-state index contributed by atoms with van der Waals surface area (Å²) in [6.07, 6.45) is 0.924. The lowest BCUT2D eigenvalue weighted by Crippen LogP contribution is -2.33. The molecule has 37 heavy (non-hydrogen) atoms. The normalized spacial score (nSPS) is 10.8. The number of nitrogens with one attached hydrogen (secondary N) is 2. The summed E-state index contributed by atoms with van der Waals surface area (Å²) in [5.41, 5.74) is 4.61. The van der Waals surface area contributed by atoms with Gasteiger partial charge in [0.2, 0.25) is 5.89 Å². The van der Waals surface area contributed by atoms with Crippen molar-refractivity contribution in [1.82, 2.24) is 10.3 Å². The molecular formula is C27H20N4O5S. The summed E-state index contributed by atoms with van der Waals surface area (Å²) >= 11 is 5.26. The van der Waals surface area contributed by atoms with Crippen LogP contribution in [0.25, 0.3) is 33.9 Å². The van der Waals surface area contributed by atoms with Crippen LogP contribution in [-0.2, 0) is 6.42 Å². The van der Waals surface area contributed by atoms with Gasteiger partial charge in [-0.15, -0.1) is 0 Å². The fourth-order valence-electron chi connectivity index (χ4n) is 3.73. The number of aromatic nitrogens is 1. The van der Waals surface area contributed by atoms with E-state index < -0.39 is 10.8 Å². The Bertz CT molecular complexity index is 1640. The number of fused-ring (bicyclic) bond motifs is 1. The molecule has 0 unspecified atom stereocenters. The Morgan fingerprint density at radius 1 is 1.00 bits per heavy atom. The molecule has 0 radical (unpaired) electrons. The van der Waals surface area contributed by atoms with Crippen LogP contribution in [0.15, 0.2) is 87.7 Å². The number of anilines is 1. The zero-order valence-corrected chi connectivity index (χ0v) is 20.4. The molecule has 5 rings (SSSR count). The van der Waals surface area contributed by atoms with Crippen molar-refractivity contribution in [2.75, 3.05) is 5.32 Å². The summed E-state index contributed by atoms with van der Waals surface area (Å²) < 4.78 is 11.5. The Kier molecular flexibility index (Phi) is 6.48. The molecule has 2 N–H and O–H groups in total. The van der Waals surface area contributed by atoms with Gasteiger partial charge in [0.25, 0.3) is 11.6 Å². The van der Waals surface area contributed by atoms with Crippen molar-refractivity contribution < 1.29 is 18.6 Å². The molecular weight excluding hydrogens is 492 g/mol. The highest BCUT2D eigenvalue weighted by molar-refractivity contribution is 7.80. The minimum absolute atomic E-state index is 0.0168. The summed E-state index contributed by atoms with van der Waals surface area (Å²) in [7, 11) is 0. The number of carbonyl (C=O) groups is 1. The van der Waals surface area contributed by atoms with Crippen LogP contribution in [0.1, 0.15) is 23.0 Å². The van der Waals surface area contributed by atoms with Gasteiger partial charge in [0.1, 0.15) is 11.3 Å². The van der Waals surface area contributed by atoms with Gasteiger partial charge in [-0.3, -0.25) is 20.2 Å². The Morgan fingerprint density at radius 2 is 1.81 bits per heavy atom. The van der Waals surface area contributed by atoms with Crippen molar-refractivity contribution in [3.63, 3.8) is 0 Å². The predicted molar refractivity (Wildman–Crippen MR) is 143 cm³/mol. The highest BCUT2D eigenvalue weighted by Crippen LogP contribution is 2.27. The van der Waals surface area contributed by atoms with E-state index in [4.69, 9.17) is 21.1 Å². The van der Waals surface area contributed by atoms with E-state index in [-0.39, 0.29) is 16.6 Å². The van der Waals surface area contributed by atoms with Crippen LogP contribution in [0.2, 0.25) is 0 Å². The third-order valence-corrected chi connectivity index (χ3v) is 5.85. The van der Waals surface area contributed by atoms with Crippen LogP contribution in [0.3, 0.4) is 0 Å². The number of nitro benzene ring substituents is 1. The Labute approximate surface area is 216 Å². The Hall–Kier alpha value is -4.83. The van der Waals surface area contributed by atoms with E-state index in [2.05, 4.69) is 22.5 Å². The molecule has 9 nitrogen and oxygen atoms in total. The Balaban J connectivity index is 1.22. The highest BCUT2D eigenvalue weighted by atomic mass is 32.1. The number of aryl methyl sites for hydroxylation is 1. The molecule has 0 fully saturated rings. The van der Waals surface area contributed by atoms with Crippen LogP contribution >= 0.6 is 12.2 Å². The monoisotopic (exact) mass is 512 g/mol. The number of non-ortho nitro benzene ring substituents is 1. The van der Waals surface area contributed by atoms with Crippen LogP contribution in [0.4, 0.5) is 11.4 Å². The van der Waals surface area contributed by atoms with Crippen molar-refractivity contribution in [3.8, 4) is 22.8 Å². The number of furan rings is 1. The molecule has 0 atom stereocenters. The van der Waals surface area contributed by atoms with Crippen molar-refractivity contribution in [2.45, 2.75) is 13.3 Å². The number of benzene rings is 3. The fraction of sp³-hybridized carbons (Fsp3) is 0.0741. The van der Waals surface area contributed by atoms with Crippen LogP contribution in [0, 0.1) is 10.1 Å². The van der Waals surface area contributed by atoms with E-state index in [0.29, 0.717) is 22.9 Å². The van der Waals surface area contributed by atoms with Gasteiger partial charge in [0.15, 0.2) is 16.5 Å². The number of nitro groups is 1. The second-order valence-electron chi connectivity index (χ2n) is 8.13. The summed E-state index contributed by atoms with van der Waals surface area (Å²) in [5.74, 6) is 0.309. The number of rotatable bonds is 6. The van der Waals surface area contributed by atoms with Gasteiger partial charge in [-0.1, -0.05) is 25.1 Å². The van der Waals surface area contributed by atoms with Gasteiger partial charge in [-0.25, -0.2) is 4.98 Å². The fourth-order valence-corrected chi connectivity index (χ4v) is 3.94. The third kappa shape index (κ3) is 5.24. The summed E-state index contributed by atoms with van der Waals surface area (Å²) in [6.45, 7) is 2.09. The number of oxazole rings is 1. The lowest BCUT2D eigenvalue weighted by Gasteiger charge is -2.09. The first-order valence-electron chi connectivity index (χ1n) is 11.4. The van der Waals surface area contributed by atoms with Crippen molar-refractivity contribution in [2.24, 2.45) is 0 Å². The molecule has 1 amide bonds. The quantitative estimate of drug-likeness (QED) is 0.153. The first-order valence-corrected chi connectivity index (χ1v) is 11.8. The average Bonchev–Trinajstić information content (AvgIpc) is 3.56. The van der Waals surface area contributed by atoms with Crippen LogP contribution < -0.4 is 10.6 Å². The van der Waals surface area contributed by atoms with Gasteiger partial charge in [0.05, 0.1) is 4.92 Å². The minimum atomic E-state index is -0.552. The first kappa shape index (κ1) is 23.9. The molecule has 184 valence electrons. The molecule has 0 saturated heterocycles. The molecule has 0 aliphatic carbocycles. The van der Waals surface area contributed by atoms with Gasteiger partial charge >= 0.3 is 0 Å². The number of amides is 1. The lowest BCUT2D eigenvalue weighted by molar-refractivity contribution is -0.384. The zero-order valence-electron chi connectivity index (χ0n) is 19.6. The molecule has 0 bridgehead atoms. The second-order valence-corrected chi connectivity index (χ2v) is 8.54. The molecule has 2 aromatic heterocycles. The van der Waals surface area contributed by atoms with Gasteiger partial charge in [0, 0.05) is 28.9 Å². The molecule has 0 saturated carbocycles. The third-order valence-electron chi connectivity index (χ3n) is 5.65. The van der Waals surface area contributed by atoms with E-state index in [1.54, 1.807) is 30.3 Å². The van der Waals surface area contributed by atoms with Gasteiger partial charge in [-0.2, -0.15) is 0 Å². The molecule has 0 aliphatic heterocycles. The zero-order chi connectivity index (χ0) is 25.9. The first-order chi connectivity index (χ1) is 17.9. The molecule has 2 heterocycles. The van der Waals surface area contributed by atoms with Crippen molar-refractivity contribution >= 4 is 45.7 Å². The number of hydrogen-bond acceptors (Lipinski definition) is 7. The SMILES string of the molecule is CCc1ccc2oc(-c3ccc(NC(=S)NC(=O)c4ccc(-c5cccc([N+](=O)[O-])c5)o4)cc3)nc2c1. The molecule has 0 aliphatic rings. The maximum Gasteiger partial charge on any atom is 0.293 e. The van der Waals surface area contributed by atoms with E-state index in [9.17, 15) is 14.9 Å². The summed E-state index contributed by atoms with van der Waals surface area (Å²) in [6, 6.07) is 22.3. The minimum Gasteiger partial charge on any atom is -0.451 e. The number of carbonyl (C=O) groups excluding carboxylic acids is 1. The number of hydrogen-bond donors (Lipinski definition) is 2. The van der Waals surface area contributed by atoms with Crippen molar-refractivity contribution in [1.29, 1.82) is 0 Å². The highest BCUT2D eigenvalue weighted by Gasteiger charge is 2.16. The number of thiocarbonyl (C=S) groups is 1. The molecule has 10 heteroatoms. The molecule has 3 aromatic carbocycles. The van der Waals surface area contributed by atoms with E-state index in [0.717, 1.165) is 23.1 Å². The molecule has 0 spiro atoms. The maximum absolute atomic E-state index is 12.6. The van der Waals surface area contributed by atoms with E-state index in [1.165, 1.54) is 23.8 Å². The van der Waals surface area contributed by atoms with E-state index >= 15 is 0 Å². The smallest absolute Gasteiger partial charge is 0.293 e. The topological polar surface area (TPSA) is 123 Å². The lowest BCUT2D eigenvalue weighted by atomic mass is 10.1. The van der Waals surface area contributed by atoms with Crippen LogP contribution in [-0.4, -0.2) is 20.9 Å².